The minimum atomic E-state index is -0.497. The Bertz CT molecular complexity index is 1020. The molecule has 0 radical (unpaired) electrons. The van der Waals surface area contributed by atoms with Crippen molar-refractivity contribution in [2.75, 3.05) is 31.1 Å². The van der Waals surface area contributed by atoms with E-state index in [2.05, 4.69) is 49.1 Å². The molecule has 0 bridgehead atoms. The van der Waals surface area contributed by atoms with E-state index in [1.165, 1.54) is 22.2 Å². The molecule has 1 fully saturated rings. The van der Waals surface area contributed by atoms with Crippen LogP contribution in [-0.4, -0.2) is 43.1 Å². The molecule has 1 heterocycles. The summed E-state index contributed by atoms with van der Waals surface area (Å²) in [7, 11) is 0. The molecule has 0 unspecified atom stereocenters. The van der Waals surface area contributed by atoms with Gasteiger partial charge in [-0.1, -0.05) is 42.5 Å². The summed E-state index contributed by atoms with van der Waals surface area (Å²) in [4.78, 5) is 17.2. The second-order valence-corrected chi connectivity index (χ2v) is 7.80. The maximum Gasteiger partial charge on any atom is 0.263 e. The number of nitrogens with zero attached hydrogens (tertiary/aromatic N) is 2. The van der Waals surface area contributed by atoms with Crippen LogP contribution in [0, 0.1) is 13.8 Å². The predicted molar refractivity (Wildman–Crippen MR) is 119 cm³/mol. The number of rotatable bonds is 4. The number of hydrogen-bond donors (Lipinski definition) is 0. The van der Waals surface area contributed by atoms with Crippen molar-refractivity contribution in [3.05, 3.63) is 71.8 Å². The van der Waals surface area contributed by atoms with Crippen LogP contribution < -0.4 is 9.64 Å². The molecular formula is C25H28N2O2. The third-order valence-electron chi connectivity index (χ3n) is 5.89. The summed E-state index contributed by atoms with van der Waals surface area (Å²) in [6.07, 6.45) is -0.497. The average Bonchev–Trinajstić information content (AvgIpc) is 2.75. The van der Waals surface area contributed by atoms with Gasteiger partial charge < -0.3 is 14.5 Å². The van der Waals surface area contributed by atoms with Gasteiger partial charge in [0.05, 0.1) is 0 Å². The van der Waals surface area contributed by atoms with Crippen LogP contribution in [0.4, 0.5) is 5.69 Å². The molecule has 4 heteroatoms. The summed E-state index contributed by atoms with van der Waals surface area (Å²) in [6.45, 7) is 9.29. The Labute approximate surface area is 172 Å². The lowest BCUT2D eigenvalue weighted by Crippen LogP contribution is -2.52. The number of carbonyl (C=O) groups excluding carboxylic acids is 1. The number of fused-ring (bicyclic) bond motifs is 1. The number of piperazine rings is 1. The number of anilines is 1. The lowest BCUT2D eigenvalue weighted by molar-refractivity contribution is -0.138. The summed E-state index contributed by atoms with van der Waals surface area (Å²) >= 11 is 0. The van der Waals surface area contributed by atoms with Crippen molar-refractivity contribution in [1.29, 1.82) is 0 Å². The van der Waals surface area contributed by atoms with Gasteiger partial charge in [-0.05, 0) is 60.9 Å². The maximum atomic E-state index is 12.9. The predicted octanol–water partition coefficient (Wildman–Crippen LogP) is 4.57. The highest BCUT2D eigenvalue weighted by Crippen LogP contribution is 2.25. The zero-order valence-corrected chi connectivity index (χ0v) is 17.4. The third kappa shape index (κ3) is 4.07. The maximum absolute atomic E-state index is 12.9. The molecule has 1 amide bonds. The summed E-state index contributed by atoms with van der Waals surface area (Å²) in [5.74, 6) is 0.789. The van der Waals surface area contributed by atoms with E-state index in [0.717, 1.165) is 37.3 Å². The van der Waals surface area contributed by atoms with Gasteiger partial charge in [-0.15, -0.1) is 0 Å². The van der Waals surface area contributed by atoms with Crippen LogP contribution in [0.1, 0.15) is 18.1 Å². The van der Waals surface area contributed by atoms with Crippen LogP contribution in [0.5, 0.6) is 5.75 Å². The molecule has 4 rings (SSSR count). The van der Waals surface area contributed by atoms with Gasteiger partial charge >= 0.3 is 0 Å². The first-order valence-electron chi connectivity index (χ1n) is 10.3. The van der Waals surface area contributed by atoms with E-state index in [4.69, 9.17) is 4.74 Å². The monoisotopic (exact) mass is 388 g/mol. The second kappa shape index (κ2) is 8.16. The van der Waals surface area contributed by atoms with E-state index >= 15 is 0 Å². The molecule has 0 N–H and O–H groups in total. The molecule has 4 nitrogen and oxygen atoms in total. The van der Waals surface area contributed by atoms with Crippen LogP contribution >= 0.6 is 0 Å². The first-order chi connectivity index (χ1) is 14.0. The molecule has 0 aromatic heterocycles. The van der Waals surface area contributed by atoms with Crippen LogP contribution in [0.25, 0.3) is 10.8 Å². The molecule has 3 aromatic carbocycles. The summed E-state index contributed by atoms with van der Waals surface area (Å²) in [5, 5.41) is 2.29. The van der Waals surface area contributed by atoms with Gasteiger partial charge in [0.25, 0.3) is 5.91 Å². The van der Waals surface area contributed by atoms with Crippen molar-refractivity contribution < 1.29 is 9.53 Å². The van der Waals surface area contributed by atoms with Crippen LogP contribution in [0.2, 0.25) is 0 Å². The van der Waals surface area contributed by atoms with Gasteiger partial charge in [-0.3, -0.25) is 4.79 Å². The Morgan fingerprint density at radius 1 is 0.897 bits per heavy atom. The minimum Gasteiger partial charge on any atom is -0.481 e. The highest BCUT2D eigenvalue weighted by Gasteiger charge is 2.26. The Morgan fingerprint density at radius 3 is 2.38 bits per heavy atom. The summed E-state index contributed by atoms with van der Waals surface area (Å²) < 4.78 is 5.98. The molecule has 0 saturated carbocycles. The van der Waals surface area contributed by atoms with Crippen LogP contribution in [0.3, 0.4) is 0 Å². The molecule has 3 aromatic rings. The van der Waals surface area contributed by atoms with Crippen molar-refractivity contribution in [2.24, 2.45) is 0 Å². The Kier molecular flexibility index (Phi) is 5.43. The van der Waals surface area contributed by atoms with Crippen molar-refractivity contribution in [3.8, 4) is 5.75 Å². The largest absolute Gasteiger partial charge is 0.481 e. The number of hydrogen-bond acceptors (Lipinski definition) is 3. The first-order valence-corrected chi connectivity index (χ1v) is 10.3. The van der Waals surface area contributed by atoms with E-state index in [0.29, 0.717) is 0 Å². The Morgan fingerprint density at radius 2 is 1.62 bits per heavy atom. The summed E-state index contributed by atoms with van der Waals surface area (Å²) in [6, 6.07) is 20.5. The number of benzene rings is 3. The fraction of sp³-hybridized carbons (Fsp3) is 0.320. The average molecular weight is 389 g/mol. The zero-order valence-electron chi connectivity index (χ0n) is 17.4. The Balaban J connectivity index is 1.37. The lowest BCUT2D eigenvalue weighted by Gasteiger charge is -2.38. The third-order valence-corrected chi connectivity index (χ3v) is 5.89. The van der Waals surface area contributed by atoms with Gasteiger partial charge in [-0.2, -0.15) is 0 Å². The summed E-state index contributed by atoms with van der Waals surface area (Å²) in [5.41, 5.74) is 3.90. The van der Waals surface area contributed by atoms with E-state index in [-0.39, 0.29) is 5.91 Å². The van der Waals surface area contributed by atoms with E-state index in [1.807, 2.05) is 42.2 Å². The van der Waals surface area contributed by atoms with Crippen molar-refractivity contribution in [1.82, 2.24) is 4.90 Å². The van der Waals surface area contributed by atoms with Gasteiger partial charge in [0, 0.05) is 31.9 Å². The van der Waals surface area contributed by atoms with Crippen molar-refractivity contribution in [2.45, 2.75) is 26.9 Å². The Hall–Kier alpha value is -3.01. The van der Waals surface area contributed by atoms with E-state index in [1.54, 1.807) is 0 Å². The minimum absolute atomic E-state index is 0.0544. The number of amides is 1. The zero-order chi connectivity index (χ0) is 20.4. The van der Waals surface area contributed by atoms with Crippen molar-refractivity contribution in [3.63, 3.8) is 0 Å². The smallest absolute Gasteiger partial charge is 0.263 e. The van der Waals surface area contributed by atoms with Crippen LogP contribution in [-0.2, 0) is 4.79 Å². The molecule has 0 aliphatic carbocycles. The fourth-order valence-corrected chi connectivity index (χ4v) is 4.00. The lowest BCUT2D eigenvalue weighted by atomic mass is 10.1. The first kappa shape index (κ1) is 19.3. The normalized spacial score (nSPS) is 15.4. The SMILES string of the molecule is Cc1cccc(N2CCN(C(=O)[C@H](C)Oc3ccc4ccccc4c3)CC2)c1C. The molecular weight excluding hydrogens is 360 g/mol. The number of ether oxygens (including phenoxy) is 1. The highest BCUT2D eigenvalue weighted by molar-refractivity contribution is 5.84. The molecule has 0 spiro atoms. The number of aryl methyl sites for hydroxylation is 1. The van der Waals surface area contributed by atoms with Crippen LogP contribution in [0.15, 0.2) is 60.7 Å². The quantitative estimate of drug-likeness (QED) is 0.656. The molecule has 1 saturated heterocycles. The fourth-order valence-electron chi connectivity index (χ4n) is 4.00. The van der Waals surface area contributed by atoms with Gasteiger partial charge in [-0.25, -0.2) is 0 Å². The van der Waals surface area contributed by atoms with Crippen molar-refractivity contribution >= 4 is 22.4 Å². The molecule has 1 aliphatic rings. The van der Waals surface area contributed by atoms with Gasteiger partial charge in [0.2, 0.25) is 0 Å². The molecule has 1 atom stereocenters. The number of carbonyl (C=O) groups is 1. The molecule has 150 valence electrons. The van der Waals surface area contributed by atoms with E-state index in [9.17, 15) is 4.79 Å². The standard InChI is InChI=1S/C25H28N2O2/c1-18-7-6-10-24(19(18)2)26-13-15-27(16-14-26)25(28)20(3)29-23-12-11-21-8-4-5-9-22(21)17-23/h4-12,17,20H,13-16H2,1-3H3/t20-/m0/s1. The highest BCUT2D eigenvalue weighted by atomic mass is 16.5. The molecule has 29 heavy (non-hydrogen) atoms. The van der Waals surface area contributed by atoms with Gasteiger partial charge in [0.1, 0.15) is 5.75 Å². The van der Waals surface area contributed by atoms with Gasteiger partial charge in [0.15, 0.2) is 6.10 Å². The topological polar surface area (TPSA) is 32.8 Å². The van der Waals surface area contributed by atoms with E-state index < -0.39 is 6.10 Å². The second-order valence-electron chi connectivity index (χ2n) is 7.80. The molecule has 1 aliphatic heterocycles.